The van der Waals surface area contributed by atoms with Crippen LogP contribution in [0, 0.1) is 0 Å². The highest BCUT2D eigenvalue weighted by molar-refractivity contribution is 6.25. The fraction of sp³-hybridized carbons (Fsp3) is 0.143. The van der Waals surface area contributed by atoms with Crippen molar-refractivity contribution in [2.45, 2.75) is 18.1 Å². The van der Waals surface area contributed by atoms with E-state index in [4.69, 9.17) is 4.74 Å². The Morgan fingerprint density at radius 3 is 1.94 bits per heavy atom. The van der Waals surface area contributed by atoms with E-state index in [2.05, 4.69) is 12.1 Å². The van der Waals surface area contributed by atoms with E-state index >= 15 is 0 Å². The van der Waals surface area contributed by atoms with Crippen molar-refractivity contribution in [3.8, 4) is 0 Å². The minimum Gasteiger partial charge on any atom is -0.364 e. The maximum Gasteiger partial charge on any atom is 0.261 e. The molecule has 4 heteroatoms. The van der Waals surface area contributed by atoms with Crippen molar-refractivity contribution in [1.82, 2.24) is 4.90 Å². The van der Waals surface area contributed by atoms with Gasteiger partial charge in [0.1, 0.15) is 6.10 Å². The Bertz CT molecular complexity index is 1280. The molecule has 0 spiro atoms. The molecule has 4 nitrogen and oxygen atoms in total. The van der Waals surface area contributed by atoms with Gasteiger partial charge in [-0.25, -0.2) is 0 Å². The van der Waals surface area contributed by atoms with Gasteiger partial charge in [-0.2, -0.15) is 0 Å². The van der Waals surface area contributed by atoms with Crippen molar-refractivity contribution in [3.63, 3.8) is 0 Å². The molecule has 0 aromatic heterocycles. The molecule has 156 valence electrons. The van der Waals surface area contributed by atoms with Crippen molar-refractivity contribution >= 4 is 22.6 Å². The third kappa shape index (κ3) is 3.03. The van der Waals surface area contributed by atoms with Crippen LogP contribution in [0.1, 0.15) is 43.9 Å². The summed E-state index contributed by atoms with van der Waals surface area (Å²) in [6.45, 7) is 0.278. The molecule has 4 aromatic rings. The van der Waals surface area contributed by atoms with Crippen molar-refractivity contribution in [2.75, 3.05) is 6.54 Å². The lowest BCUT2D eigenvalue weighted by Gasteiger charge is -2.30. The molecule has 2 amide bonds. The van der Waals surface area contributed by atoms with E-state index in [9.17, 15) is 9.59 Å². The number of ether oxygens (including phenoxy) is 1. The molecular weight excluding hydrogens is 398 g/mol. The highest BCUT2D eigenvalue weighted by atomic mass is 16.6. The summed E-state index contributed by atoms with van der Waals surface area (Å²) >= 11 is 0. The summed E-state index contributed by atoms with van der Waals surface area (Å²) in [7, 11) is 0. The van der Waals surface area contributed by atoms with Crippen LogP contribution in [0.5, 0.6) is 0 Å². The van der Waals surface area contributed by atoms with Crippen LogP contribution in [-0.4, -0.2) is 29.4 Å². The first kappa shape index (κ1) is 19.0. The topological polar surface area (TPSA) is 49.9 Å². The summed E-state index contributed by atoms with van der Waals surface area (Å²) in [4.78, 5) is 28.3. The minimum absolute atomic E-state index is 0.0351. The number of carbonyl (C=O) groups is 2. The third-order valence-corrected chi connectivity index (χ3v) is 6.51. The van der Waals surface area contributed by atoms with E-state index < -0.39 is 0 Å². The van der Waals surface area contributed by atoms with Gasteiger partial charge in [0.15, 0.2) is 0 Å². The maximum atomic E-state index is 13.4. The molecule has 0 N–H and O–H groups in total. The lowest BCUT2D eigenvalue weighted by Crippen LogP contribution is -2.43. The number of carbonyl (C=O) groups excluding carboxylic acids is 2. The second kappa shape index (κ2) is 7.43. The number of imide groups is 1. The van der Waals surface area contributed by atoms with Crippen LogP contribution >= 0.6 is 0 Å². The Labute approximate surface area is 186 Å². The van der Waals surface area contributed by atoms with Crippen molar-refractivity contribution < 1.29 is 14.3 Å². The van der Waals surface area contributed by atoms with Crippen LogP contribution in [0.3, 0.4) is 0 Å². The van der Waals surface area contributed by atoms with Gasteiger partial charge in [-0.15, -0.1) is 0 Å². The van der Waals surface area contributed by atoms with Crippen molar-refractivity contribution in [1.29, 1.82) is 0 Å². The van der Waals surface area contributed by atoms with Crippen LogP contribution in [0.15, 0.2) is 97.1 Å². The molecule has 2 aliphatic heterocycles. The Hall–Kier alpha value is -3.76. The highest BCUT2D eigenvalue weighted by Crippen LogP contribution is 2.47. The third-order valence-electron chi connectivity index (χ3n) is 6.51. The number of hydrogen-bond donors (Lipinski definition) is 0. The fourth-order valence-electron chi connectivity index (χ4n) is 4.88. The number of benzene rings is 4. The number of rotatable bonds is 5. The largest absolute Gasteiger partial charge is 0.364 e. The molecule has 3 unspecified atom stereocenters. The zero-order chi connectivity index (χ0) is 21.7. The van der Waals surface area contributed by atoms with Crippen LogP contribution in [0.2, 0.25) is 0 Å². The lowest BCUT2D eigenvalue weighted by atomic mass is 9.89. The van der Waals surface area contributed by atoms with Gasteiger partial charge in [-0.1, -0.05) is 84.9 Å². The molecule has 0 radical (unpaired) electrons. The average molecular weight is 419 g/mol. The van der Waals surface area contributed by atoms with E-state index in [0.29, 0.717) is 11.1 Å². The molecule has 1 saturated heterocycles. The van der Waals surface area contributed by atoms with Gasteiger partial charge in [0.25, 0.3) is 11.8 Å². The molecule has 0 aliphatic carbocycles. The first-order valence-electron chi connectivity index (χ1n) is 10.9. The molecule has 0 bridgehead atoms. The van der Waals surface area contributed by atoms with Crippen LogP contribution in [-0.2, 0) is 4.74 Å². The normalized spacial score (nSPS) is 20.4. The van der Waals surface area contributed by atoms with E-state index in [1.54, 1.807) is 0 Å². The van der Waals surface area contributed by atoms with Gasteiger partial charge < -0.3 is 4.74 Å². The molecule has 2 heterocycles. The first-order valence-corrected chi connectivity index (χ1v) is 10.9. The van der Waals surface area contributed by atoms with Crippen molar-refractivity contribution in [2.24, 2.45) is 0 Å². The Morgan fingerprint density at radius 2 is 1.31 bits per heavy atom. The van der Waals surface area contributed by atoms with E-state index in [1.165, 1.54) is 4.90 Å². The number of epoxide rings is 1. The van der Waals surface area contributed by atoms with E-state index in [1.807, 2.05) is 84.9 Å². The van der Waals surface area contributed by atoms with Crippen LogP contribution in [0.4, 0.5) is 0 Å². The molecular formula is C28H21NO3. The SMILES string of the molecule is O=C1c2cccc3cccc(c23)C(=O)N1CC(c1ccccc1)C1OC1c1ccccc1. The van der Waals surface area contributed by atoms with E-state index in [-0.39, 0.29) is 36.5 Å². The van der Waals surface area contributed by atoms with Gasteiger partial charge in [-0.3, -0.25) is 14.5 Å². The average Bonchev–Trinajstić information content (AvgIpc) is 3.64. The Morgan fingerprint density at radius 1 is 0.719 bits per heavy atom. The number of amides is 2. The zero-order valence-electron chi connectivity index (χ0n) is 17.3. The smallest absolute Gasteiger partial charge is 0.261 e. The molecule has 0 saturated carbocycles. The summed E-state index contributed by atoms with van der Waals surface area (Å²) in [6, 6.07) is 31.4. The van der Waals surface area contributed by atoms with Gasteiger partial charge in [-0.05, 0) is 28.6 Å². The lowest BCUT2D eigenvalue weighted by molar-refractivity contribution is 0.0595. The first-order chi connectivity index (χ1) is 15.7. The standard InChI is InChI=1S/C28H21NO3/c30-27-21-15-7-13-19-14-8-16-22(24(19)21)28(31)29(27)17-23(18-9-3-1-4-10-18)26-25(32-26)20-11-5-2-6-12-20/h1-16,23,25-26H,17H2. The molecule has 2 aliphatic rings. The van der Waals surface area contributed by atoms with Gasteiger partial charge in [0.05, 0.1) is 6.10 Å². The summed E-state index contributed by atoms with van der Waals surface area (Å²) in [5, 5.41) is 1.66. The Balaban J connectivity index is 1.37. The van der Waals surface area contributed by atoms with Gasteiger partial charge in [0.2, 0.25) is 0 Å². The second-order valence-electron chi connectivity index (χ2n) is 8.38. The maximum absolute atomic E-state index is 13.4. The van der Waals surface area contributed by atoms with E-state index in [0.717, 1.165) is 21.9 Å². The fourth-order valence-corrected chi connectivity index (χ4v) is 4.88. The van der Waals surface area contributed by atoms with Gasteiger partial charge >= 0.3 is 0 Å². The number of hydrogen-bond acceptors (Lipinski definition) is 3. The summed E-state index contributed by atoms with van der Waals surface area (Å²) < 4.78 is 6.11. The summed E-state index contributed by atoms with van der Waals surface area (Å²) in [5.74, 6) is -0.590. The monoisotopic (exact) mass is 419 g/mol. The summed E-state index contributed by atoms with van der Waals surface area (Å²) in [5.41, 5.74) is 3.35. The molecule has 4 aromatic carbocycles. The highest BCUT2D eigenvalue weighted by Gasteiger charge is 2.48. The van der Waals surface area contributed by atoms with Crippen molar-refractivity contribution in [3.05, 3.63) is 119 Å². The Kier molecular flexibility index (Phi) is 4.40. The summed E-state index contributed by atoms with van der Waals surface area (Å²) in [6.07, 6.45) is -0.125. The predicted molar refractivity (Wildman–Crippen MR) is 123 cm³/mol. The molecule has 3 atom stereocenters. The molecule has 32 heavy (non-hydrogen) atoms. The number of nitrogens with zero attached hydrogens (tertiary/aromatic N) is 1. The second-order valence-corrected chi connectivity index (χ2v) is 8.38. The molecule has 6 rings (SSSR count). The quantitative estimate of drug-likeness (QED) is 0.323. The minimum atomic E-state index is -0.239. The van der Waals surface area contributed by atoms with Crippen LogP contribution < -0.4 is 0 Å². The van der Waals surface area contributed by atoms with Crippen LogP contribution in [0.25, 0.3) is 10.8 Å². The van der Waals surface area contributed by atoms with Gasteiger partial charge in [0, 0.05) is 29.0 Å². The molecule has 1 fully saturated rings. The predicted octanol–water partition coefficient (Wildman–Crippen LogP) is 5.36. The zero-order valence-corrected chi connectivity index (χ0v) is 17.3.